The molecule has 4 heteroatoms. The highest BCUT2D eigenvalue weighted by molar-refractivity contribution is 7.99. The number of oxazole rings is 1. The van der Waals surface area contributed by atoms with Crippen LogP contribution in [0.5, 0.6) is 0 Å². The smallest absolute Gasteiger partial charge is 0.256 e. The minimum absolute atomic E-state index is 0.626. The van der Waals surface area contributed by atoms with Crippen LogP contribution in [0.4, 0.5) is 0 Å². The molecule has 1 heterocycles. The van der Waals surface area contributed by atoms with Crippen LogP contribution in [0.2, 0.25) is 0 Å². The highest BCUT2D eigenvalue weighted by Crippen LogP contribution is 2.25. The third-order valence-corrected chi connectivity index (χ3v) is 3.04. The molecule has 3 nitrogen and oxygen atoms in total. The zero-order valence-corrected chi connectivity index (χ0v) is 10.3. The molecular formula is C12H15NO2S. The van der Waals surface area contributed by atoms with Crippen molar-refractivity contribution in [2.75, 3.05) is 5.75 Å². The van der Waals surface area contributed by atoms with Gasteiger partial charge in [-0.1, -0.05) is 23.9 Å². The normalized spacial score (nSPS) is 12.2. The van der Waals surface area contributed by atoms with Crippen molar-refractivity contribution in [1.82, 2.24) is 4.98 Å². The van der Waals surface area contributed by atoms with Crippen LogP contribution >= 0.6 is 11.8 Å². The molecule has 0 bridgehead atoms. The molecular weight excluding hydrogens is 222 g/mol. The van der Waals surface area contributed by atoms with E-state index >= 15 is 0 Å². The third-order valence-electron chi connectivity index (χ3n) is 2.21. The maximum absolute atomic E-state index is 9.57. The van der Waals surface area contributed by atoms with Gasteiger partial charge in [-0.05, 0) is 32.4 Å². The Labute approximate surface area is 98.9 Å². The summed E-state index contributed by atoms with van der Waals surface area (Å²) in [4.78, 5) is 4.35. The quantitative estimate of drug-likeness (QED) is 0.830. The van der Waals surface area contributed by atoms with Crippen LogP contribution in [0.1, 0.15) is 20.3 Å². The molecule has 0 radical (unpaired) electrons. The first-order valence-corrected chi connectivity index (χ1v) is 6.24. The summed E-state index contributed by atoms with van der Waals surface area (Å²) in [6.45, 7) is 3.61. The number of aliphatic hydroxyl groups is 1. The van der Waals surface area contributed by atoms with Crippen LogP contribution in [-0.4, -0.2) is 21.4 Å². The number of para-hydroxylation sites is 2. The number of hydrogen-bond acceptors (Lipinski definition) is 4. The molecule has 0 aliphatic carbocycles. The van der Waals surface area contributed by atoms with E-state index in [0.717, 1.165) is 23.3 Å². The molecule has 0 fully saturated rings. The van der Waals surface area contributed by atoms with E-state index in [4.69, 9.17) is 4.42 Å². The maximum Gasteiger partial charge on any atom is 0.256 e. The lowest BCUT2D eigenvalue weighted by Crippen LogP contribution is -2.18. The lowest BCUT2D eigenvalue weighted by atomic mass is 10.1. The fraction of sp³-hybridized carbons (Fsp3) is 0.417. The van der Waals surface area contributed by atoms with Gasteiger partial charge in [0.2, 0.25) is 0 Å². The molecule has 0 saturated carbocycles. The zero-order valence-electron chi connectivity index (χ0n) is 9.43. The van der Waals surface area contributed by atoms with Crippen LogP contribution in [-0.2, 0) is 0 Å². The van der Waals surface area contributed by atoms with Crippen molar-refractivity contribution in [2.24, 2.45) is 0 Å². The second-order valence-corrected chi connectivity index (χ2v) is 5.40. The molecule has 1 aromatic heterocycles. The van der Waals surface area contributed by atoms with Crippen LogP contribution in [0.25, 0.3) is 11.1 Å². The summed E-state index contributed by atoms with van der Waals surface area (Å²) in [5.41, 5.74) is 1.07. The second kappa shape index (κ2) is 4.47. The number of rotatable bonds is 4. The molecule has 0 amide bonds. The molecule has 1 aromatic carbocycles. The van der Waals surface area contributed by atoms with Crippen LogP contribution in [0.15, 0.2) is 33.9 Å². The van der Waals surface area contributed by atoms with Crippen LogP contribution in [0, 0.1) is 0 Å². The Balaban J connectivity index is 2.00. The Morgan fingerprint density at radius 1 is 1.38 bits per heavy atom. The lowest BCUT2D eigenvalue weighted by Gasteiger charge is -2.15. The van der Waals surface area contributed by atoms with E-state index in [0.29, 0.717) is 5.22 Å². The predicted molar refractivity (Wildman–Crippen MR) is 65.6 cm³/mol. The summed E-state index contributed by atoms with van der Waals surface area (Å²) in [6.07, 6.45) is 0.719. The van der Waals surface area contributed by atoms with Crippen LogP contribution < -0.4 is 0 Å². The van der Waals surface area contributed by atoms with Crippen molar-refractivity contribution >= 4 is 22.9 Å². The molecule has 2 aromatic rings. The SMILES string of the molecule is CC(C)(O)CCSc1nc2ccccc2o1. The fourth-order valence-corrected chi connectivity index (χ4v) is 2.39. The Hall–Kier alpha value is -1.00. The first kappa shape index (κ1) is 11.5. The summed E-state index contributed by atoms with van der Waals surface area (Å²) >= 11 is 1.54. The number of hydrogen-bond donors (Lipinski definition) is 1. The molecule has 0 atom stereocenters. The van der Waals surface area contributed by atoms with Gasteiger partial charge in [-0.25, -0.2) is 4.98 Å². The van der Waals surface area contributed by atoms with E-state index in [-0.39, 0.29) is 0 Å². The number of fused-ring (bicyclic) bond motifs is 1. The van der Waals surface area contributed by atoms with Gasteiger partial charge < -0.3 is 9.52 Å². The van der Waals surface area contributed by atoms with E-state index in [2.05, 4.69) is 4.98 Å². The largest absolute Gasteiger partial charge is 0.431 e. The first-order chi connectivity index (χ1) is 7.54. The molecule has 2 rings (SSSR count). The van der Waals surface area contributed by atoms with Gasteiger partial charge in [-0.15, -0.1) is 0 Å². The van der Waals surface area contributed by atoms with Gasteiger partial charge in [0, 0.05) is 5.75 Å². The van der Waals surface area contributed by atoms with Gasteiger partial charge in [0.05, 0.1) is 5.60 Å². The second-order valence-electron chi connectivity index (χ2n) is 4.36. The van der Waals surface area contributed by atoms with Gasteiger partial charge in [-0.2, -0.15) is 0 Å². The van der Waals surface area contributed by atoms with E-state index < -0.39 is 5.60 Å². The molecule has 16 heavy (non-hydrogen) atoms. The fourth-order valence-electron chi connectivity index (χ4n) is 1.30. The van der Waals surface area contributed by atoms with Crippen molar-refractivity contribution < 1.29 is 9.52 Å². The summed E-state index contributed by atoms with van der Waals surface area (Å²) in [7, 11) is 0. The highest BCUT2D eigenvalue weighted by atomic mass is 32.2. The molecule has 0 unspecified atom stereocenters. The zero-order chi connectivity index (χ0) is 11.6. The van der Waals surface area contributed by atoms with Crippen molar-refractivity contribution in [3.63, 3.8) is 0 Å². The van der Waals surface area contributed by atoms with E-state index in [1.54, 1.807) is 13.8 Å². The highest BCUT2D eigenvalue weighted by Gasteiger charge is 2.13. The minimum atomic E-state index is -0.626. The standard InChI is InChI=1S/C12H15NO2S/c1-12(2,14)7-8-16-11-13-9-5-3-4-6-10(9)15-11/h3-6,14H,7-8H2,1-2H3. The minimum Gasteiger partial charge on any atom is -0.431 e. The average molecular weight is 237 g/mol. The number of nitrogens with zero attached hydrogens (tertiary/aromatic N) is 1. The summed E-state index contributed by atoms with van der Waals surface area (Å²) in [6, 6.07) is 7.70. The summed E-state index contributed by atoms with van der Waals surface area (Å²) in [5.74, 6) is 0.802. The molecule has 0 spiro atoms. The number of thioether (sulfide) groups is 1. The predicted octanol–water partition coefficient (Wildman–Crippen LogP) is 3.08. The number of benzene rings is 1. The molecule has 0 aliphatic heterocycles. The topological polar surface area (TPSA) is 46.3 Å². The summed E-state index contributed by atoms with van der Waals surface area (Å²) in [5, 5.41) is 10.2. The van der Waals surface area contributed by atoms with Gasteiger partial charge in [0.1, 0.15) is 5.52 Å². The first-order valence-electron chi connectivity index (χ1n) is 5.25. The van der Waals surface area contributed by atoms with E-state index in [9.17, 15) is 5.11 Å². The monoisotopic (exact) mass is 237 g/mol. The summed E-state index contributed by atoms with van der Waals surface area (Å²) < 4.78 is 5.55. The van der Waals surface area contributed by atoms with Crippen molar-refractivity contribution in [3.8, 4) is 0 Å². The molecule has 0 saturated heterocycles. The maximum atomic E-state index is 9.57. The van der Waals surface area contributed by atoms with Crippen molar-refractivity contribution in [2.45, 2.75) is 31.1 Å². The third kappa shape index (κ3) is 3.00. The molecule has 0 aliphatic rings. The lowest BCUT2D eigenvalue weighted by molar-refractivity contribution is 0.0777. The molecule has 86 valence electrons. The Morgan fingerprint density at radius 2 is 2.12 bits per heavy atom. The average Bonchev–Trinajstić information content (AvgIpc) is 2.57. The van der Waals surface area contributed by atoms with Crippen LogP contribution in [0.3, 0.4) is 0 Å². The van der Waals surface area contributed by atoms with E-state index in [1.807, 2.05) is 24.3 Å². The Kier molecular flexibility index (Phi) is 3.21. The van der Waals surface area contributed by atoms with Crippen molar-refractivity contribution in [1.29, 1.82) is 0 Å². The Bertz CT molecular complexity index is 440. The number of aromatic nitrogens is 1. The van der Waals surface area contributed by atoms with Gasteiger partial charge in [0.25, 0.3) is 5.22 Å². The van der Waals surface area contributed by atoms with E-state index in [1.165, 1.54) is 11.8 Å². The van der Waals surface area contributed by atoms with Gasteiger partial charge in [-0.3, -0.25) is 0 Å². The Morgan fingerprint density at radius 3 is 2.81 bits per heavy atom. The molecule has 1 N–H and O–H groups in total. The van der Waals surface area contributed by atoms with Crippen molar-refractivity contribution in [3.05, 3.63) is 24.3 Å². The van der Waals surface area contributed by atoms with Gasteiger partial charge in [0.15, 0.2) is 5.58 Å². The van der Waals surface area contributed by atoms with Gasteiger partial charge >= 0.3 is 0 Å².